The summed E-state index contributed by atoms with van der Waals surface area (Å²) in [7, 11) is 0. The van der Waals surface area contributed by atoms with Crippen LogP contribution in [0.4, 0.5) is 26.3 Å². The second-order valence-corrected chi connectivity index (χ2v) is 5.54. The fourth-order valence-corrected chi connectivity index (χ4v) is 2.84. The number of aromatic nitrogens is 1. The van der Waals surface area contributed by atoms with E-state index in [1.165, 1.54) is 0 Å². The van der Waals surface area contributed by atoms with Crippen LogP contribution in [-0.4, -0.2) is 35.3 Å². The van der Waals surface area contributed by atoms with Gasteiger partial charge in [-0.25, -0.2) is 31.1 Å². The van der Waals surface area contributed by atoms with E-state index in [0.717, 1.165) is 12.3 Å². The monoisotopic (exact) mass is 381 g/mol. The lowest BCUT2D eigenvalue weighted by Crippen LogP contribution is -2.19. The summed E-state index contributed by atoms with van der Waals surface area (Å²) >= 11 is 0. The first-order valence-corrected chi connectivity index (χ1v) is 7.38. The second kappa shape index (κ2) is 7.79. The molecule has 0 unspecified atom stereocenters. The Labute approximate surface area is 142 Å². The zero-order valence-electron chi connectivity index (χ0n) is 13.0. The molecule has 0 spiro atoms. The van der Waals surface area contributed by atoms with E-state index < -0.39 is 60.9 Å². The van der Waals surface area contributed by atoms with Crippen molar-refractivity contribution in [3.05, 3.63) is 44.7 Å². The highest BCUT2D eigenvalue weighted by atomic mass is 19.3. The third kappa shape index (κ3) is 4.17. The van der Waals surface area contributed by atoms with Gasteiger partial charge in [-0.05, 0) is 22.8 Å². The molecule has 0 aliphatic carbocycles. The molecule has 0 fully saturated rings. The van der Waals surface area contributed by atoms with Crippen molar-refractivity contribution in [2.75, 3.05) is 0 Å². The van der Waals surface area contributed by atoms with E-state index in [1.807, 2.05) is 0 Å². The van der Waals surface area contributed by atoms with Gasteiger partial charge in [0.15, 0.2) is 0 Å². The van der Waals surface area contributed by atoms with Crippen LogP contribution >= 0.6 is 0 Å². The first kappa shape index (κ1) is 19.8. The van der Waals surface area contributed by atoms with Gasteiger partial charge >= 0.3 is 5.97 Å². The van der Waals surface area contributed by atoms with Gasteiger partial charge in [0.2, 0.25) is 24.7 Å². The number of carboxylic acids is 1. The summed E-state index contributed by atoms with van der Waals surface area (Å²) in [4.78, 5) is 25.7. The van der Waals surface area contributed by atoms with Crippen molar-refractivity contribution in [1.29, 1.82) is 0 Å². The van der Waals surface area contributed by atoms with Crippen molar-refractivity contribution in [2.45, 2.75) is 38.5 Å². The van der Waals surface area contributed by atoms with Crippen molar-refractivity contribution >= 4 is 16.9 Å². The molecule has 2 rings (SSSR count). The highest BCUT2D eigenvalue weighted by Gasteiger charge is 2.24. The number of hydrogen-bond donors (Lipinski definition) is 2. The van der Waals surface area contributed by atoms with Gasteiger partial charge in [-0.1, -0.05) is 0 Å². The fourth-order valence-electron chi connectivity index (χ4n) is 2.84. The van der Waals surface area contributed by atoms with Crippen LogP contribution in [0.25, 0.3) is 10.9 Å². The number of pyridine rings is 1. The molecule has 2 N–H and O–H groups in total. The molecule has 4 nitrogen and oxygen atoms in total. The topological polar surface area (TPSA) is 70.2 Å². The number of carboxylic acid groups (broad SMARTS) is 1. The number of aromatic carboxylic acids is 1. The fraction of sp³-hybridized carbons (Fsp3) is 0.375. The lowest BCUT2D eigenvalue weighted by molar-refractivity contribution is 0.0695. The van der Waals surface area contributed by atoms with E-state index >= 15 is 0 Å². The Bertz CT molecular complexity index is 878. The van der Waals surface area contributed by atoms with Crippen LogP contribution in [-0.2, 0) is 19.3 Å². The lowest BCUT2D eigenvalue weighted by Gasteiger charge is -2.18. The number of rotatable bonds is 7. The predicted octanol–water partition coefficient (Wildman–Crippen LogP) is 3.65. The quantitative estimate of drug-likeness (QED) is 0.720. The average Bonchev–Trinajstić information content (AvgIpc) is 2.49. The summed E-state index contributed by atoms with van der Waals surface area (Å²) in [5, 5.41) is 8.56. The minimum Gasteiger partial charge on any atom is -0.477 e. The summed E-state index contributed by atoms with van der Waals surface area (Å²) in [6.07, 6.45) is -11.3. The van der Waals surface area contributed by atoms with Gasteiger partial charge in [0.25, 0.3) is 0 Å². The predicted molar refractivity (Wildman–Crippen MR) is 80.7 cm³/mol. The molecule has 0 saturated carbocycles. The molecular weight excluding hydrogens is 368 g/mol. The molecule has 0 radical (unpaired) electrons. The highest BCUT2D eigenvalue weighted by molar-refractivity contribution is 5.93. The van der Waals surface area contributed by atoms with Gasteiger partial charge in [-0.2, -0.15) is 0 Å². The van der Waals surface area contributed by atoms with E-state index in [1.54, 1.807) is 0 Å². The minimum absolute atomic E-state index is 0.256. The van der Waals surface area contributed by atoms with Crippen LogP contribution in [0.3, 0.4) is 0 Å². The van der Waals surface area contributed by atoms with Gasteiger partial charge in [-0.3, -0.25) is 4.79 Å². The van der Waals surface area contributed by atoms with Crippen LogP contribution < -0.4 is 5.43 Å². The Morgan fingerprint density at radius 1 is 0.962 bits per heavy atom. The molecule has 142 valence electrons. The van der Waals surface area contributed by atoms with Crippen LogP contribution in [0.5, 0.6) is 0 Å². The van der Waals surface area contributed by atoms with E-state index in [4.69, 9.17) is 5.11 Å². The van der Waals surface area contributed by atoms with E-state index in [-0.39, 0.29) is 22.2 Å². The molecule has 1 heterocycles. The lowest BCUT2D eigenvalue weighted by atomic mass is 9.91. The maximum Gasteiger partial charge on any atom is 0.341 e. The van der Waals surface area contributed by atoms with Crippen LogP contribution in [0.2, 0.25) is 0 Å². The van der Waals surface area contributed by atoms with Gasteiger partial charge in [0, 0.05) is 30.8 Å². The van der Waals surface area contributed by atoms with Crippen LogP contribution in [0.15, 0.2) is 17.1 Å². The Hall–Kier alpha value is -2.52. The number of H-pyrrole nitrogens is 1. The summed E-state index contributed by atoms with van der Waals surface area (Å²) in [5.74, 6) is -1.60. The van der Waals surface area contributed by atoms with Crippen molar-refractivity contribution < 1.29 is 36.2 Å². The van der Waals surface area contributed by atoms with Gasteiger partial charge in [-0.15, -0.1) is 0 Å². The number of carbonyl (C=O) groups is 1. The number of halogens is 6. The third-order valence-electron chi connectivity index (χ3n) is 3.81. The number of benzene rings is 1. The number of fused-ring (bicyclic) bond motifs is 1. The number of alkyl halides is 6. The zero-order chi connectivity index (χ0) is 19.6. The molecular formula is C16H13F6NO3. The summed E-state index contributed by atoms with van der Waals surface area (Å²) in [6, 6.07) is 0.874. The Kier molecular flexibility index (Phi) is 5.94. The zero-order valence-corrected chi connectivity index (χ0v) is 13.0. The molecule has 0 amide bonds. The second-order valence-electron chi connectivity index (χ2n) is 5.54. The molecule has 0 aliphatic rings. The Morgan fingerprint density at radius 3 is 2.00 bits per heavy atom. The van der Waals surface area contributed by atoms with Gasteiger partial charge < -0.3 is 10.1 Å². The number of nitrogens with one attached hydrogen (secondary N) is 1. The summed E-state index contributed by atoms with van der Waals surface area (Å²) in [6.45, 7) is 0. The van der Waals surface area contributed by atoms with Crippen LogP contribution in [0.1, 0.15) is 27.0 Å². The SMILES string of the molecule is O=C(O)c1c[nH]c2c(CC(F)F)c(CC(F)F)c(CC(F)F)cc2c1=O. The van der Waals surface area contributed by atoms with E-state index in [2.05, 4.69) is 4.98 Å². The molecule has 0 atom stereocenters. The van der Waals surface area contributed by atoms with E-state index in [0.29, 0.717) is 0 Å². The molecule has 10 heteroatoms. The standard InChI is InChI=1S/C16H13F6NO3/c17-11(18)2-6-1-9-14(23-5-10(15(9)24)16(25)26)8(4-13(21)22)7(6)3-12(19)20/h1,5,11-13H,2-4H2,(H,23,24)(H,25,26). The third-order valence-corrected chi connectivity index (χ3v) is 3.81. The molecule has 0 aliphatic heterocycles. The maximum absolute atomic E-state index is 12.9. The smallest absolute Gasteiger partial charge is 0.341 e. The number of hydrogen-bond acceptors (Lipinski definition) is 2. The first-order valence-electron chi connectivity index (χ1n) is 7.38. The van der Waals surface area contributed by atoms with Crippen molar-refractivity contribution in [3.63, 3.8) is 0 Å². The molecule has 1 aromatic carbocycles. The summed E-state index contributed by atoms with van der Waals surface area (Å²) < 4.78 is 77.3. The Balaban J connectivity index is 2.89. The van der Waals surface area contributed by atoms with Gasteiger partial charge in [0.1, 0.15) is 5.56 Å². The van der Waals surface area contributed by atoms with Crippen molar-refractivity contribution in [3.8, 4) is 0 Å². The summed E-state index contributed by atoms with van der Waals surface area (Å²) in [5.41, 5.74) is -3.19. The van der Waals surface area contributed by atoms with Gasteiger partial charge in [0.05, 0.1) is 5.52 Å². The minimum atomic E-state index is -2.99. The highest BCUT2D eigenvalue weighted by Crippen LogP contribution is 2.29. The van der Waals surface area contributed by atoms with Crippen molar-refractivity contribution in [1.82, 2.24) is 4.98 Å². The Morgan fingerprint density at radius 2 is 1.50 bits per heavy atom. The normalized spacial score (nSPS) is 11.9. The largest absolute Gasteiger partial charge is 0.477 e. The molecule has 1 aromatic heterocycles. The van der Waals surface area contributed by atoms with Crippen LogP contribution in [0, 0.1) is 0 Å². The van der Waals surface area contributed by atoms with Crippen molar-refractivity contribution in [2.24, 2.45) is 0 Å². The number of aromatic amines is 1. The molecule has 0 bridgehead atoms. The first-order chi connectivity index (χ1) is 12.1. The average molecular weight is 381 g/mol. The maximum atomic E-state index is 12.9. The molecule has 26 heavy (non-hydrogen) atoms. The van der Waals surface area contributed by atoms with E-state index in [9.17, 15) is 35.9 Å². The molecule has 2 aromatic rings. The molecule has 0 saturated heterocycles.